The van der Waals surface area contributed by atoms with Crippen LogP contribution in [0.15, 0.2) is 91.4 Å². The van der Waals surface area contributed by atoms with Crippen LogP contribution in [0, 0.1) is 0 Å². The standard InChI is InChI=1S/C25H35N5O4S.C16H25N5O2S.C9H21NO2S.C9H13NO2.C8H19N.C7H3Cl2N3.CH4.ClH.H2/c1-6-7-12-25(2,13-15-35(5,31)32)30-23-22-20(9-8-14-26-22)28-24(29-23)27-17-18-10-11-19(33-3)16-21(18)34-4;1-4-5-8-16(2,9-11-24(3,22)23)21-14-13-12(7-6-10-18-13)19-15(17)20-14;1-4-5-6-9(2,10)7-8-13(3,11)12;1-11-8-4-3-7(6-10)9(5-8)12-2;1-6-9(7(2)3)8(4)5;8-6-5-4(2-1-3-10-5)11-7(9)12-6;;;/h8-11,14,16H,6-7,12-13,15,17H2,1-5H3,(H2,27,28,29,30);6-7,10H,4-5,8-9,11H2,1-3H3,(H3,17,19,20,21);4-8,10H2,1-3H3;3-5H,6,10H2,1-2H3;7-8H,6H2,1-5H3;1-3H;1H4;2*1H/t25-;16-;9-;;;;;;/m001....../s1/i;;;;;;;;1+1. The van der Waals surface area contributed by atoms with Crippen molar-refractivity contribution in [3.63, 3.8) is 0 Å². The summed E-state index contributed by atoms with van der Waals surface area (Å²) in [6.07, 6.45) is 19.0. The second-order valence-electron chi connectivity index (χ2n) is 27.1. The lowest BCUT2D eigenvalue weighted by molar-refractivity contribution is 0.185. The van der Waals surface area contributed by atoms with E-state index < -0.39 is 40.6 Å². The number of anilines is 4. The Hall–Kier alpha value is -7.09. The molecular weight excluding hydrogens is 1490 g/mol. The summed E-state index contributed by atoms with van der Waals surface area (Å²) in [6, 6.07) is 23.5. The Morgan fingerprint density at radius 1 is 0.542 bits per heavy atom. The number of nitrogens with two attached hydrogens (primary N) is 3. The summed E-state index contributed by atoms with van der Waals surface area (Å²) in [5, 5.41) is 10.6. The van der Waals surface area contributed by atoms with Crippen molar-refractivity contribution in [3.05, 3.63) is 113 Å². The number of hydrogen-bond donors (Lipinski definition) is 6. The number of halogens is 3. The summed E-state index contributed by atoms with van der Waals surface area (Å²) in [5.74, 6) is 5.11. The van der Waals surface area contributed by atoms with Crippen molar-refractivity contribution in [1.82, 2.24) is 49.8 Å². The van der Waals surface area contributed by atoms with Gasteiger partial charge in [0.25, 0.3) is 0 Å². The largest absolute Gasteiger partial charge is 0.497 e. The molecule has 6 aromatic heterocycles. The number of ether oxygens (including phenoxy) is 4. The van der Waals surface area contributed by atoms with E-state index in [2.05, 4.69) is 116 Å². The van der Waals surface area contributed by atoms with Gasteiger partial charge in [-0.3, -0.25) is 19.9 Å². The van der Waals surface area contributed by atoms with Crippen molar-refractivity contribution in [3.8, 4) is 23.0 Å². The van der Waals surface area contributed by atoms with Gasteiger partial charge in [-0.2, -0.15) is 9.97 Å². The number of nitrogens with one attached hydrogen (secondary N) is 3. The fourth-order valence-electron chi connectivity index (χ4n) is 10.8. The Kier molecular flexibility index (Phi) is 43.7. The van der Waals surface area contributed by atoms with Gasteiger partial charge >= 0.3 is 0 Å². The highest BCUT2D eigenvalue weighted by Gasteiger charge is 2.29. The molecule has 8 rings (SSSR count). The molecule has 0 aliphatic rings. The SMILES string of the molecule is C.CCCC[C@@](C)(CCS(C)(=O)=O)Nc1nc(N)nc2cccnc12.CCCC[C@@](C)(CCS(C)(=O)=O)Nc1nc(NCc2ccc(OC)cc2OC)nc2cccnc12.CCCC[C@@](C)(N)CCS(C)(=O)=O.CCN(C(C)C)C(C)C.COc1ccc(CN)c(OC)c1.Cl.Clc1nc(Cl)c2ncccc2n1.[2HH]. The van der Waals surface area contributed by atoms with Crippen LogP contribution in [-0.2, 0) is 42.6 Å². The van der Waals surface area contributed by atoms with Crippen LogP contribution in [0.1, 0.15) is 173 Å². The molecule has 0 radical (unpaired) electrons. The van der Waals surface area contributed by atoms with Gasteiger partial charge in [-0.15, -0.1) is 12.4 Å². The first-order chi connectivity index (χ1) is 49.3. The summed E-state index contributed by atoms with van der Waals surface area (Å²) in [7, 11) is -2.53. The van der Waals surface area contributed by atoms with E-state index >= 15 is 0 Å². The smallest absolute Gasteiger partial charge is 0.225 e. The van der Waals surface area contributed by atoms with Crippen LogP contribution >= 0.6 is 35.6 Å². The van der Waals surface area contributed by atoms with E-state index in [4.69, 9.17) is 64.3 Å². The molecule has 26 nitrogen and oxygen atoms in total. The van der Waals surface area contributed by atoms with E-state index in [9.17, 15) is 25.3 Å². The van der Waals surface area contributed by atoms with Gasteiger partial charge in [0.05, 0.1) is 62.2 Å². The third-order valence-electron chi connectivity index (χ3n) is 16.8. The molecule has 32 heteroatoms. The lowest BCUT2D eigenvalue weighted by atomic mass is 9.92. The molecule has 0 amide bonds. The zero-order chi connectivity index (χ0) is 78.8. The molecule has 9 N–H and O–H groups in total. The van der Waals surface area contributed by atoms with Crippen LogP contribution in [0.2, 0.25) is 10.4 Å². The lowest BCUT2D eigenvalue weighted by Crippen LogP contribution is -2.37. The monoisotopic (exact) mass is 1610 g/mol. The minimum Gasteiger partial charge on any atom is -0.497 e. The maximum Gasteiger partial charge on any atom is 0.225 e. The molecule has 0 unspecified atom stereocenters. The number of benzene rings is 2. The molecule has 0 spiro atoms. The minimum atomic E-state index is -3.10. The Bertz CT molecular complexity index is 4310. The van der Waals surface area contributed by atoms with Crippen LogP contribution in [0.3, 0.4) is 0 Å². The van der Waals surface area contributed by atoms with Crippen molar-refractivity contribution >= 4 is 122 Å². The van der Waals surface area contributed by atoms with Gasteiger partial charge in [0.1, 0.15) is 69.1 Å². The zero-order valence-corrected chi connectivity index (χ0v) is 70.0. The second kappa shape index (κ2) is 47.8. The Morgan fingerprint density at radius 3 is 1.36 bits per heavy atom. The number of rotatable bonds is 33. The van der Waals surface area contributed by atoms with Gasteiger partial charge in [0.15, 0.2) is 16.8 Å². The summed E-state index contributed by atoms with van der Waals surface area (Å²) in [6.45, 7) is 25.6. The first kappa shape index (κ1) is 97.9. The number of fused-ring (bicyclic) bond motifs is 3. The van der Waals surface area contributed by atoms with Crippen molar-refractivity contribution in [2.24, 2.45) is 11.5 Å². The normalized spacial score (nSPS) is 12.9. The summed E-state index contributed by atoms with van der Waals surface area (Å²) >= 11 is 11.4. The second-order valence-corrected chi connectivity index (χ2v) is 34.6. The highest BCUT2D eigenvalue weighted by molar-refractivity contribution is 7.91. The van der Waals surface area contributed by atoms with E-state index in [1.807, 2.05) is 75.4 Å². The van der Waals surface area contributed by atoms with E-state index in [1.54, 1.807) is 65.2 Å². The third kappa shape index (κ3) is 36.8. The quantitative estimate of drug-likeness (QED) is 0.0164. The Labute approximate surface area is 655 Å². The number of unbranched alkanes of at least 4 members (excludes halogenated alkanes) is 3. The molecule has 0 fully saturated rings. The molecule has 6 heterocycles. The average molecular weight is 1610 g/mol. The molecule has 602 valence electrons. The summed E-state index contributed by atoms with van der Waals surface area (Å²) in [5.41, 5.74) is 21.8. The lowest BCUT2D eigenvalue weighted by Gasteiger charge is -2.32. The molecule has 0 aliphatic heterocycles. The predicted molar refractivity (Wildman–Crippen MR) is 448 cm³/mol. The maximum atomic E-state index is 11.9. The van der Waals surface area contributed by atoms with Gasteiger partial charge in [-0.05, 0) is 160 Å². The minimum absolute atomic E-state index is 0. The van der Waals surface area contributed by atoms with E-state index in [0.29, 0.717) is 107 Å². The molecule has 8 aromatic rings. The van der Waals surface area contributed by atoms with E-state index in [-0.39, 0.29) is 60.4 Å². The number of nitrogens with zero attached hydrogens (tertiary/aromatic N) is 10. The highest BCUT2D eigenvalue weighted by atomic mass is 35.5. The summed E-state index contributed by atoms with van der Waals surface area (Å²) < 4.78 is 89.7. The Morgan fingerprint density at radius 2 is 0.953 bits per heavy atom. The Balaban J connectivity index is 0.00000136. The van der Waals surface area contributed by atoms with Crippen molar-refractivity contribution < 1.29 is 45.6 Å². The van der Waals surface area contributed by atoms with Gasteiger partial charge in [0.2, 0.25) is 17.2 Å². The molecule has 0 saturated heterocycles. The molecule has 2 aromatic carbocycles. The molecule has 107 heavy (non-hydrogen) atoms. The first-order valence-corrected chi connectivity index (χ1v) is 42.2. The van der Waals surface area contributed by atoms with Gasteiger partial charge < -0.3 is 52.1 Å². The maximum absolute atomic E-state index is 11.9. The van der Waals surface area contributed by atoms with Crippen molar-refractivity contribution in [1.29, 1.82) is 0 Å². The van der Waals surface area contributed by atoms with Crippen LogP contribution in [0.4, 0.5) is 23.5 Å². The van der Waals surface area contributed by atoms with E-state index in [0.717, 1.165) is 87.0 Å². The fraction of sp³-hybridized carbons (Fsp3) is 0.560. The first-order valence-electron chi connectivity index (χ1n) is 35.3. The van der Waals surface area contributed by atoms with Crippen LogP contribution < -0.4 is 52.1 Å². The molecule has 3 atom stereocenters. The number of sulfone groups is 3. The van der Waals surface area contributed by atoms with Gasteiger partial charge in [0, 0.05) is 104 Å². The number of nitrogen functional groups attached to an aromatic ring is 1. The van der Waals surface area contributed by atoms with Crippen molar-refractivity contribution in [2.75, 3.05) is 92.7 Å². The van der Waals surface area contributed by atoms with Gasteiger partial charge in [-0.25, -0.2) is 45.2 Å². The predicted octanol–water partition coefficient (Wildman–Crippen LogP) is 15.1. The topological polar surface area (TPSA) is 373 Å². The highest BCUT2D eigenvalue weighted by Crippen LogP contribution is 2.32. The van der Waals surface area contributed by atoms with Crippen molar-refractivity contribution in [2.45, 2.75) is 202 Å². The molecule has 0 saturated carbocycles. The molecular formula is C75H123Cl3N16O10S3. The number of pyridine rings is 3. The van der Waals surface area contributed by atoms with Crippen LogP contribution in [0.5, 0.6) is 23.0 Å². The summed E-state index contributed by atoms with van der Waals surface area (Å²) in [4.78, 5) is 40.8. The third-order valence-corrected chi connectivity index (χ3v) is 20.1. The van der Waals surface area contributed by atoms with Gasteiger partial charge in [-0.1, -0.05) is 91.3 Å². The number of aromatic nitrogens is 9. The number of methoxy groups -OCH3 is 4. The van der Waals surface area contributed by atoms with Crippen LogP contribution in [0.25, 0.3) is 33.1 Å². The van der Waals surface area contributed by atoms with Crippen LogP contribution in [-0.4, -0.2) is 175 Å². The molecule has 0 aliphatic carbocycles. The average Bonchev–Trinajstić information content (AvgIpc) is 0.801. The number of hydrogen-bond acceptors (Lipinski definition) is 26. The fourth-order valence-corrected chi connectivity index (χ4v) is 13.7. The van der Waals surface area contributed by atoms with E-state index in [1.165, 1.54) is 18.8 Å². The molecule has 0 bridgehead atoms. The zero-order valence-electron chi connectivity index (χ0n) is 65.2.